The van der Waals surface area contributed by atoms with Crippen molar-refractivity contribution >= 4 is 11.8 Å². The van der Waals surface area contributed by atoms with E-state index < -0.39 is 0 Å². The molecule has 0 radical (unpaired) electrons. The van der Waals surface area contributed by atoms with Crippen molar-refractivity contribution in [2.45, 2.75) is 39.8 Å². The van der Waals surface area contributed by atoms with Gasteiger partial charge in [0.25, 0.3) is 0 Å². The fourth-order valence-corrected chi connectivity index (χ4v) is 4.98. The molecule has 2 aliphatic rings. The zero-order valence-corrected chi connectivity index (χ0v) is 25.3. The first-order valence-electron chi connectivity index (χ1n) is 13.6. The van der Waals surface area contributed by atoms with Crippen LogP contribution in [0, 0.1) is 31.9 Å². The second-order valence-corrected chi connectivity index (χ2v) is 10.3. The number of phenolic OH excluding ortho intramolecular Hbond substituents is 2. The molecule has 4 aromatic carbocycles. The van der Waals surface area contributed by atoms with Crippen molar-refractivity contribution in [3.63, 3.8) is 0 Å². The number of aryl methyl sites for hydroxylation is 4. The number of hydrogen-bond donors (Lipinski definition) is 2. The Hall–Kier alpha value is -4.35. The summed E-state index contributed by atoms with van der Waals surface area (Å²) in [5.41, 5.74) is 7.48. The number of hydrogen-bond acceptors (Lipinski definition) is 7. The Kier molecular flexibility index (Phi) is 10.2. The normalized spacial score (nSPS) is 16.9. The van der Waals surface area contributed by atoms with E-state index in [4.69, 9.17) is 13.7 Å². The SMILES string of the molecule is Cc1cc(C)c(O)c(C2=N[C@@H](c3ccccc3)CO2)c1.Cc1cc(C)c(O)c(C2=N[C@@H](c3ccccc3)CO2)c1.[N]#[Mn]. The van der Waals surface area contributed by atoms with Gasteiger partial charge in [-0.3, -0.25) is 0 Å². The van der Waals surface area contributed by atoms with Gasteiger partial charge in [0, 0.05) is 0 Å². The van der Waals surface area contributed by atoms with E-state index in [0.717, 1.165) is 33.4 Å². The fourth-order valence-electron chi connectivity index (χ4n) is 4.98. The average Bonchev–Trinajstić information content (AvgIpc) is 3.70. The van der Waals surface area contributed by atoms with Gasteiger partial charge in [-0.05, 0) is 73.2 Å². The predicted molar refractivity (Wildman–Crippen MR) is 160 cm³/mol. The molecule has 0 aromatic heterocycles. The van der Waals surface area contributed by atoms with Crippen LogP contribution in [0.3, 0.4) is 0 Å². The van der Waals surface area contributed by atoms with Crippen LogP contribution < -0.4 is 0 Å². The molecule has 0 unspecified atom stereocenters. The molecule has 2 N–H and O–H groups in total. The first-order valence-corrected chi connectivity index (χ1v) is 14.1. The molecule has 2 aliphatic heterocycles. The second-order valence-electron chi connectivity index (χ2n) is 10.3. The van der Waals surface area contributed by atoms with Gasteiger partial charge in [-0.25, -0.2) is 9.98 Å². The Bertz CT molecular complexity index is 1500. The van der Waals surface area contributed by atoms with Gasteiger partial charge in [0.1, 0.15) is 36.8 Å². The van der Waals surface area contributed by atoms with Crippen molar-refractivity contribution in [3.8, 4) is 11.5 Å². The predicted octanol–water partition coefficient (Wildman–Crippen LogP) is 7.07. The van der Waals surface area contributed by atoms with Crippen LogP contribution in [-0.2, 0) is 25.1 Å². The molecule has 2 atom stereocenters. The standard InChI is InChI=1S/2C17H17NO2.Mn.N/c2*1-11-8-12(2)16(19)14(9-11)17-18-15(10-20-17)13-6-4-3-5-7-13;;/h2*3-9,15,19H,10H2,1-2H3;;/t2*15-;;/m11../s1. The molecule has 0 saturated carbocycles. The maximum absolute atomic E-state index is 10.2. The molecule has 4 aromatic rings. The van der Waals surface area contributed by atoms with Gasteiger partial charge < -0.3 is 19.7 Å². The number of benzene rings is 4. The van der Waals surface area contributed by atoms with Gasteiger partial charge in [0.05, 0.1) is 11.1 Å². The Morgan fingerprint density at radius 3 is 1.33 bits per heavy atom. The summed E-state index contributed by atoms with van der Waals surface area (Å²) in [5, 5.41) is 20.4. The van der Waals surface area contributed by atoms with Gasteiger partial charge in [-0.15, -0.1) is 0 Å². The molecular weight excluding hydrogens is 569 g/mol. The van der Waals surface area contributed by atoms with Crippen LogP contribution in [0.25, 0.3) is 0 Å². The summed E-state index contributed by atoms with van der Waals surface area (Å²) in [5.74, 6) is 1.57. The summed E-state index contributed by atoms with van der Waals surface area (Å²) in [7, 11) is 0. The number of rotatable bonds is 4. The molecule has 8 heteroatoms. The maximum atomic E-state index is 10.2. The van der Waals surface area contributed by atoms with Gasteiger partial charge in [0.15, 0.2) is 0 Å². The van der Waals surface area contributed by atoms with E-state index >= 15 is 0 Å². The van der Waals surface area contributed by atoms with E-state index in [1.807, 2.05) is 128 Å². The third-order valence-electron chi connectivity index (χ3n) is 7.02. The second kappa shape index (κ2) is 14.0. The van der Waals surface area contributed by atoms with Gasteiger partial charge >= 0.3 is 19.8 Å². The molecular formula is C34H34MnN3O4. The van der Waals surface area contributed by atoms with Crippen LogP contribution in [0.5, 0.6) is 11.5 Å². The van der Waals surface area contributed by atoms with Crippen LogP contribution in [-0.4, -0.2) is 35.2 Å². The first-order chi connectivity index (χ1) is 20.3. The van der Waals surface area contributed by atoms with Crippen LogP contribution in [0.4, 0.5) is 0 Å². The number of aromatic hydroxyl groups is 2. The molecule has 0 fully saturated rings. The number of phenols is 2. The van der Waals surface area contributed by atoms with Crippen molar-refractivity contribution in [3.05, 3.63) is 129 Å². The van der Waals surface area contributed by atoms with Gasteiger partial charge in [-0.1, -0.05) is 72.8 Å². The molecule has 0 saturated heterocycles. The third kappa shape index (κ3) is 7.10. The molecule has 7 nitrogen and oxygen atoms in total. The van der Waals surface area contributed by atoms with E-state index in [9.17, 15) is 10.2 Å². The van der Waals surface area contributed by atoms with E-state index in [1.54, 1.807) is 0 Å². The third-order valence-corrected chi connectivity index (χ3v) is 7.02. The summed E-state index contributed by atoms with van der Waals surface area (Å²) < 4.78 is 18.2. The van der Waals surface area contributed by atoms with Crippen molar-refractivity contribution in [2.24, 2.45) is 9.98 Å². The van der Waals surface area contributed by atoms with Crippen molar-refractivity contribution in [2.75, 3.05) is 13.2 Å². The quantitative estimate of drug-likeness (QED) is 0.243. The van der Waals surface area contributed by atoms with Gasteiger partial charge in [-0.2, -0.15) is 0 Å². The Balaban J connectivity index is 0.000000182. The number of ether oxygens (including phenoxy) is 2. The summed E-state index contributed by atoms with van der Waals surface area (Å²) in [6, 6.07) is 27.9. The Labute approximate surface area is 254 Å². The van der Waals surface area contributed by atoms with E-state index in [-0.39, 0.29) is 23.6 Å². The zero-order valence-electron chi connectivity index (χ0n) is 24.1. The topological polar surface area (TPSA) is 107 Å². The summed E-state index contributed by atoms with van der Waals surface area (Å²) in [6.45, 7) is 8.81. The molecule has 0 amide bonds. The molecule has 216 valence electrons. The summed E-state index contributed by atoms with van der Waals surface area (Å²) in [4.78, 5) is 9.21. The van der Waals surface area contributed by atoms with E-state index in [2.05, 4.69) is 9.98 Å². The zero-order chi connectivity index (χ0) is 30.2. The number of aliphatic imine (C=N–C) groups is 2. The molecule has 42 heavy (non-hydrogen) atoms. The molecule has 0 aliphatic carbocycles. The summed E-state index contributed by atoms with van der Waals surface area (Å²) >= 11 is 1.94. The number of nitrogens with zero attached hydrogens (tertiary/aromatic N) is 3. The molecule has 6 rings (SSSR count). The van der Waals surface area contributed by atoms with Crippen LogP contribution in [0.15, 0.2) is 94.9 Å². The van der Waals surface area contributed by atoms with Crippen molar-refractivity contribution in [1.82, 2.24) is 0 Å². The van der Waals surface area contributed by atoms with E-state index in [0.29, 0.717) is 36.1 Å². The van der Waals surface area contributed by atoms with E-state index in [1.165, 1.54) is 0 Å². The van der Waals surface area contributed by atoms with Crippen molar-refractivity contribution in [1.29, 1.82) is 4.20 Å². The minimum absolute atomic E-state index is 0.00594. The Morgan fingerprint density at radius 2 is 0.976 bits per heavy atom. The van der Waals surface area contributed by atoms with Crippen molar-refractivity contribution < 1.29 is 35.3 Å². The molecule has 0 bridgehead atoms. The van der Waals surface area contributed by atoms with Crippen LogP contribution in [0.1, 0.15) is 56.6 Å². The molecule has 2 heterocycles. The molecule has 0 spiro atoms. The fraction of sp³-hybridized carbons (Fsp3) is 0.235. The average molecular weight is 604 g/mol. The van der Waals surface area contributed by atoms with Gasteiger partial charge in [0.2, 0.25) is 11.8 Å². The van der Waals surface area contributed by atoms with Crippen LogP contribution in [0.2, 0.25) is 0 Å². The monoisotopic (exact) mass is 603 g/mol. The van der Waals surface area contributed by atoms with Crippen LogP contribution >= 0.6 is 0 Å². The minimum atomic E-state index is 0.00594. The Morgan fingerprint density at radius 1 is 0.619 bits per heavy atom. The first kappa shape index (κ1) is 30.6. The summed E-state index contributed by atoms with van der Waals surface area (Å²) in [6.07, 6.45) is 0.